The van der Waals surface area contributed by atoms with Crippen molar-refractivity contribution in [2.45, 2.75) is 44.7 Å². The van der Waals surface area contributed by atoms with E-state index in [9.17, 15) is 10.0 Å². The van der Waals surface area contributed by atoms with Crippen LogP contribution in [0.15, 0.2) is 72.9 Å². The number of carbonyl (C=O) groups is 1. The van der Waals surface area contributed by atoms with E-state index in [4.69, 9.17) is 4.74 Å². The average Bonchev–Trinajstić information content (AvgIpc) is 3.53. The van der Waals surface area contributed by atoms with E-state index in [1.807, 2.05) is 59.6 Å². The van der Waals surface area contributed by atoms with Gasteiger partial charge in [-0.3, -0.25) is 4.79 Å². The van der Waals surface area contributed by atoms with Gasteiger partial charge in [0.05, 0.1) is 18.0 Å². The summed E-state index contributed by atoms with van der Waals surface area (Å²) in [6.45, 7) is 3.79. The highest BCUT2D eigenvalue weighted by Crippen LogP contribution is 2.36. The Bertz CT molecular complexity index is 1450. The number of hydrogen-bond acceptors (Lipinski definition) is 5. The van der Waals surface area contributed by atoms with Gasteiger partial charge in [0.1, 0.15) is 5.75 Å². The smallest absolute Gasteiger partial charge is 0.258 e. The summed E-state index contributed by atoms with van der Waals surface area (Å²) < 4.78 is 6.33. The van der Waals surface area contributed by atoms with Gasteiger partial charge in [-0.15, -0.1) is 0 Å². The lowest BCUT2D eigenvalue weighted by Gasteiger charge is -2.30. The number of anilines is 2. The number of aromatic nitrogens is 1. The molecule has 7 nitrogen and oxygen atoms in total. The molecule has 1 amide bonds. The van der Waals surface area contributed by atoms with Crippen molar-refractivity contribution in [2.75, 3.05) is 29.9 Å². The molecule has 4 aromatic rings. The lowest BCUT2D eigenvalue weighted by atomic mass is 10.0. The van der Waals surface area contributed by atoms with Crippen LogP contribution in [0.5, 0.6) is 5.75 Å². The van der Waals surface area contributed by atoms with Crippen molar-refractivity contribution in [3.63, 3.8) is 0 Å². The normalized spacial score (nSPS) is 19.7. The number of hydrogen-bond donors (Lipinski definition) is 2. The Morgan fingerprint density at radius 2 is 1.95 bits per heavy atom. The second-order valence-electron chi connectivity index (χ2n) is 10.4. The van der Waals surface area contributed by atoms with Crippen LogP contribution in [0.2, 0.25) is 0 Å². The van der Waals surface area contributed by atoms with Crippen LogP contribution in [0, 0.1) is 5.21 Å². The highest BCUT2D eigenvalue weighted by molar-refractivity contribution is 6.08. The lowest BCUT2D eigenvalue weighted by molar-refractivity contribution is 0.0986. The number of rotatable bonds is 6. The summed E-state index contributed by atoms with van der Waals surface area (Å²) >= 11 is 0. The third-order valence-electron chi connectivity index (χ3n) is 7.75. The molecule has 7 heteroatoms. The first-order valence-corrected chi connectivity index (χ1v) is 13.5. The topological polar surface area (TPSA) is 83.7 Å². The van der Waals surface area contributed by atoms with Crippen molar-refractivity contribution in [1.82, 2.24) is 10.0 Å². The van der Waals surface area contributed by atoms with E-state index in [2.05, 4.69) is 35.4 Å². The molecule has 1 aromatic heterocycles. The Morgan fingerprint density at radius 1 is 1.05 bits per heavy atom. The van der Waals surface area contributed by atoms with Crippen LogP contribution in [0.3, 0.4) is 0 Å². The van der Waals surface area contributed by atoms with Gasteiger partial charge in [0.25, 0.3) is 5.91 Å². The zero-order chi connectivity index (χ0) is 26.1. The van der Waals surface area contributed by atoms with Crippen molar-refractivity contribution >= 4 is 28.2 Å². The molecule has 0 aliphatic carbocycles. The van der Waals surface area contributed by atoms with Gasteiger partial charge in [-0.1, -0.05) is 18.2 Å². The molecule has 1 saturated heterocycles. The number of amides is 1. The molecule has 2 aliphatic rings. The van der Waals surface area contributed by atoms with Crippen molar-refractivity contribution in [1.29, 1.82) is 0 Å². The van der Waals surface area contributed by atoms with Crippen molar-refractivity contribution in [2.24, 2.45) is 0 Å². The molecular weight excluding hydrogens is 476 g/mol. The molecule has 2 aliphatic heterocycles. The Balaban J connectivity index is 1.32. The molecule has 0 saturated carbocycles. The summed E-state index contributed by atoms with van der Waals surface area (Å²) in [6, 6.07) is 22.3. The number of nitrogens with one attached hydrogen (secondary N) is 2. The van der Waals surface area contributed by atoms with E-state index in [0.29, 0.717) is 37.4 Å². The minimum absolute atomic E-state index is 0.00237. The van der Waals surface area contributed by atoms with E-state index in [1.165, 1.54) is 5.06 Å². The summed E-state index contributed by atoms with van der Waals surface area (Å²) in [4.78, 5) is 19.0. The highest BCUT2D eigenvalue weighted by Gasteiger charge is 2.25. The molecular formula is C31H33N4O3-. The van der Waals surface area contributed by atoms with Crippen LogP contribution < -0.4 is 15.0 Å². The molecule has 38 heavy (non-hydrogen) atoms. The molecule has 6 rings (SSSR count). The maximum Gasteiger partial charge on any atom is 0.258 e. The van der Waals surface area contributed by atoms with Gasteiger partial charge < -0.3 is 30.2 Å². The van der Waals surface area contributed by atoms with E-state index in [0.717, 1.165) is 52.7 Å². The van der Waals surface area contributed by atoms with Gasteiger partial charge in [-0.05, 0) is 98.6 Å². The molecule has 0 bridgehead atoms. The van der Waals surface area contributed by atoms with Gasteiger partial charge in [-0.25, -0.2) is 0 Å². The molecule has 3 heterocycles. The number of para-hydroxylation sites is 2. The SMILES string of the molecule is CC1CCN(C(=O)c2ccc(-c3ccc4[nH]ccc4c3)c(OCCC3CCCN3[O-])c2)c2ccccc2N1. The van der Waals surface area contributed by atoms with Crippen LogP contribution in [-0.4, -0.2) is 47.7 Å². The number of H-pyrrole nitrogens is 1. The molecule has 0 radical (unpaired) electrons. The Morgan fingerprint density at radius 3 is 2.82 bits per heavy atom. The van der Waals surface area contributed by atoms with Gasteiger partial charge in [0.15, 0.2) is 0 Å². The van der Waals surface area contributed by atoms with E-state index < -0.39 is 0 Å². The predicted octanol–water partition coefficient (Wildman–Crippen LogP) is 6.42. The number of fused-ring (bicyclic) bond motifs is 2. The van der Waals surface area contributed by atoms with Crippen LogP contribution in [0.25, 0.3) is 22.0 Å². The number of benzene rings is 3. The fraction of sp³-hybridized carbons (Fsp3) is 0.323. The summed E-state index contributed by atoms with van der Waals surface area (Å²) in [7, 11) is 0. The van der Waals surface area contributed by atoms with Crippen molar-refractivity contribution in [3.8, 4) is 16.9 Å². The quantitative estimate of drug-likeness (QED) is 0.313. The van der Waals surface area contributed by atoms with E-state index in [1.54, 1.807) is 0 Å². The Kier molecular flexibility index (Phi) is 6.79. The zero-order valence-corrected chi connectivity index (χ0v) is 21.7. The van der Waals surface area contributed by atoms with Crippen LogP contribution in [-0.2, 0) is 0 Å². The second-order valence-corrected chi connectivity index (χ2v) is 10.4. The molecule has 1 fully saturated rings. The zero-order valence-electron chi connectivity index (χ0n) is 21.7. The summed E-state index contributed by atoms with van der Waals surface area (Å²) in [5, 5.41) is 17.9. The maximum absolute atomic E-state index is 13.9. The minimum atomic E-state index is -0.0487. The molecule has 2 atom stereocenters. The molecule has 2 N–H and O–H groups in total. The number of hydroxylamine groups is 2. The van der Waals surface area contributed by atoms with Crippen molar-refractivity contribution < 1.29 is 9.53 Å². The number of aromatic amines is 1. The first-order valence-electron chi connectivity index (χ1n) is 13.5. The van der Waals surface area contributed by atoms with Gasteiger partial charge in [-0.2, -0.15) is 0 Å². The highest BCUT2D eigenvalue weighted by atomic mass is 16.5. The van der Waals surface area contributed by atoms with Crippen LogP contribution >= 0.6 is 0 Å². The van der Waals surface area contributed by atoms with Gasteiger partial charge in [0, 0.05) is 41.5 Å². The number of ether oxygens (including phenoxy) is 1. The fourth-order valence-corrected chi connectivity index (χ4v) is 5.62. The first-order chi connectivity index (χ1) is 18.6. The molecule has 0 spiro atoms. The fourth-order valence-electron chi connectivity index (χ4n) is 5.62. The monoisotopic (exact) mass is 509 g/mol. The Labute approximate surface area is 223 Å². The van der Waals surface area contributed by atoms with Crippen molar-refractivity contribution in [3.05, 3.63) is 83.7 Å². The molecule has 3 aromatic carbocycles. The lowest BCUT2D eigenvalue weighted by Crippen LogP contribution is -2.32. The molecule has 196 valence electrons. The van der Waals surface area contributed by atoms with E-state index in [-0.39, 0.29) is 18.0 Å². The maximum atomic E-state index is 13.9. The third-order valence-corrected chi connectivity index (χ3v) is 7.75. The standard InChI is InChI=1S/C31H33N4O3/c1-21-13-17-34(29-7-3-2-6-28(29)33-21)31(36)24-8-10-26(22-9-11-27-23(19-22)12-15-32-27)30(20-24)38-18-14-25-5-4-16-35(25)37/h2-3,6-12,15,19-21,25,32-33H,4-5,13-14,16-18H2,1H3/q-1. The van der Waals surface area contributed by atoms with Gasteiger partial charge in [0.2, 0.25) is 0 Å². The Hall–Kier alpha value is -3.81. The second kappa shape index (κ2) is 10.5. The van der Waals surface area contributed by atoms with E-state index >= 15 is 0 Å². The van der Waals surface area contributed by atoms with Crippen LogP contribution in [0.1, 0.15) is 43.0 Å². The minimum Gasteiger partial charge on any atom is -0.785 e. The van der Waals surface area contributed by atoms with Gasteiger partial charge >= 0.3 is 0 Å². The average molecular weight is 510 g/mol. The first kappa shape index (κ1) is 24.5. The third kappa shape index (κ3) is 4.87. The summed E-state index contributed by atoms with van der Waals surface area (Å²) in [5.74, 6) is 0.614. The largest absolute Gasteiger partial charge is 0.785 e. The summed E-state index contributed by atoms with van der Waals surface area (Å²) in [6.07, 6.45) is 5.29. The summed E-state index contributed by atoms with van der Waals surface area (Å²) in [5.41, 5.74) is 5.47. The van der Waals surface area contributed by atoms with Crippen LogP contribution in [0.4, 0.5) is 11.4 Å². The molecule has 2 unspecified atom stereocenters. The number of carbonyl (C=O) groups excluding carboxylic acids is 1. The number of nitrogens with zero attached hydrogens (tertiary/aromatic N) is 2. The predicted molar refractivity (Wildman–Crippen MR) is 153 cm³/mol.